The Morgan fingerprint density at radius 3 is 2.72 bits per heavy atom. The number of nitrogens with zero attached hydrogens (tertiary/aromatic N) is 1. The van der Waals surface area contributed by atoms with Crippen LogP contribution in [0.5, 0.6) is 0 Å². The topological polar surface area (TPSA) is 83.6 Å². The van der Waals surface area contributed by atoms with Crippen LogP contribution in [0.2, 0.25) is 0 Å². The minimum atomic E-state index is -0.834. The molecular weight excluding hydrogens is 232 g/mol. The second kappa shape index (κ2) is 4.68. The van der Waals surface area contributed by atoms with Gasteiger partial charge in [0.15, 0.2) is 0 Å². The summed E-state index contributed by atoms with van der Waals surface area (Å²) in [5.74, 6) is -1.40. The number of aliphatic carboxylic acids is 1. The van der Waals surface area contributed by atoms with Crippen LogP contribution in [0.4, 0.5) is 5.69 Å². The van der Waals surface area contributed by atoms with Crippen molar-refractivity contribution in [2.45, 2.75) is 13.3 Å². The van der Waals surface area contributed by atoms with Gasteiger partial charge in [0.25, 0.3) is 5.91 Å². The third-order valence-electron chi connectivity index (χ3n) is 3.34. The van der Waals surface area contributed by atoms with E-state index in [-0.39, 0.29) is 12.5 Å². The number of carboxylic acids is 1. The van der Waals surface area contributed by atoms with Crippen LogP contribution in [0.1, 0.15) is 22.3 Å². The van der Waals surface area contributed by atoms with E-state index in [1.165, 1.54) is 0 Å². The molecule has 0 spiro atoms. The minimum Gasteiger partial charge on any atom is -0.481 e. The molecule has 1 aliphatic heterocycles. The summed E-state index contributed by atoms with van der Waals surface area (Å²) in [5.41, 5.74) is 7.77. The smallest absolute Gasteiger partial charge is 0.308 e. The van der Waals surface area contributed by atoms with Crippen molar-refractivity contribution >= 4 is 17.6 Å². The number of carboxylic acid groups (broad SMARTS) is 1. The van der Waals surface area contributed by atoms with Gasteiger partial charge in [0, 0.05) is 24.3 Å². The van der Waals surface area contributed by atoms with Gasteiger partial charge in [-0.2, -0.15) is 0 Å². The summed E-state index contributed by atoms with van der Waals surface area (Å²) in [6.07, 6.45) is 0.523. The molecule has 96 valence electrons. The van der Waals surface area contributed by atoms with E-state index in [1.54, 1.807) is 23.1 Å². The van der Waals surface area contributed by atoms with Gasteiger partial charge < -0.3 is 15.7 Å². The van der Waals surface area contributed by atoms with Crippen molar-refractivity contribution in [3.05, 3.63) is 29.3 Å². The fraction of sp³-hybridized carbons (Fsp3) is 0.385. The lowest BCUT2D eigenvalue weighted by Crippen LogP contribution is -2.30. The maximum atomic E-state index is 12.2. The lowest BCUT2D eigenvalue weighted by molar-refractivity contribution is -0.141. The third kappa shape index (κ3) is 2.30. The van der Waals surface area contributed by atoms with Crippen LogP contribution in [0.25, 0.3) is 0 Å². The van der Waals surface area contributed by atoms with Gasteiger partial charge in [-0.15, -0.1) is 0 Å². The van der Waals surface area contributed by atoms with Crippen LogP contribution in [-0.2, 0) is 4.79 Å². The molecule has 0 aromatic heterocycles. The highest BCUT2D eigenvalue weighted by molar-refractivity contribution is 5.95. The van der Waals surface area contributed by atoms with Gasteiger partial charge >= 0.3 is 5.97 Å². The number of hydrogen-bond donors (Lipinski definition) is 2. The van der Waals surface area contributed by atoms with Crippen molar-refractivity contribution in [2.24, 2.45) is 5.92 Å². The van der Waals surface area contributed by atoms with Gasteiger partial charge in [0.1, 0.15) is 0 Å². The molecule has 0 bridgehead atoms. The van der Waals surface area contributed by atoms with Crippen LogP contribution in [0.15, 0.2) is 18.2 Å². The van der Waals surface area contributed by atoms with Gasteiger partial charge in [0.05, 0.1) is 5.92 Å². The highest BCUT2D eigenvalue weighted by atomic mass is 16.4. The number of aryl methyl sites for hydroxylation is 1. The molecule has 0 aliphatic carbocycles. The quantitative estimate of drug-likeness (QED) is 0.768. The Bertz CT molecular complexity index is 499. The van der Waals surface area contributed by atoms with Gasteiger partial charge in [-0.1, -0.05) is 0 Å². The van der Waals surface area contributed by atoms with E-state index in [2.05, 4.69) is 0 Å². The summed E-state index contributed by atoms with van der Waals surface area (Å²) < 4.78 is 0. The Labute approximate surface area is 105 Å². The van der Waals surface area contributed by atoms with Gasteiger partial charge in [-0.05, 0) is 37.1 Å². The molecule has 1 atom stereocenters. The molecule has 1 fully saturated rings. The zero-order valence-electron chi connectivity index (χ0n) is 10.2. The van der Waals surface area contributed by atoms with Crippen molar-refractivity contribution in [1.82, 2.24) is 4.90 Å². The monoisotopic (exact) mass is 248 g/mol. The second-order valence-electron chi connectivity index (χ2n) is 4.65. The number of nitrogens with two attached hydrogens (primary N) is 1. The van der Waals surface area contributed by atoms with Gasteiger partial charge in [-0.25, -0.2) is 0 Å². The minimum absolute atomic E-state index is 0.123. The number of rotatable bonds is 2. The lowest BCUT2D eigenvalue weighted by atomic mass is 10.1. The molecule has 1 aromatic rings. The van der Waals surface area contributed by atoms with Crippen molar-refractivity contribution in [3.8, 4) is 0 Å². The van der Waals surface area contributed by atoms with E-state index >= 15 is 0 Å². The average Bonchev–Trinajstić information content (AvgIpc) is 2.81. The largest absolute Gasteiger partial charge is 0.481 e. The normalized spacial score (nSPS) is 18.9. The second-order valence-corrected chi connectivity index (χ2v) is 4.65. The Kier molecular flexibility index (Phi) is 3.23. The summed E-state index contributed by atoms with van der Waals surface area (Å²) in [5, 5.41) is 8.91. The fourth-order valence-corrected chi connectivity index (χ4v) is 2.14. The molecule has 0 saturated carbocycles. The van der Waals surface area contributed by atoms with Crippen molar-refractivity contribution in [1.29, 1.82) is 0 Å². The zero-order valence-corrected chi connectivity index (χ0v) is 10.2. The van der Waals surface area contributed by atoms with E-state index in [0.29, 0.717) is 24.2 Å². The number of anilines is 1. The van der Waals surface area contributed by atoms with Crippen molar-refractivity contribution in [2.75, 3.05) is 18.8 Å². The standard InChI is InChI=1S/C13H16N2O3/c1-8-6-9(2-3-11(8)14)12(16)15-5-4-10(7-15)13(17)18/h2-3,6,10H,4-5,7,14H2,1H3,(H,17,18). The lowest BCUT2D eigenvalue weighted by Gasteiger charge is -2.16. The maximum Gasteiger partial charge on any atom is 0.308 e. The first kappa shape index (κ1) is 12.4. The van der Waals surface area contributed by atoms with Gasteiger partial charge in [0.2, 0.25) is 0 Å². The van der Waals surface area contributed by atoms with E-state index in [9.17, 15) is 9.59 Å². The molecule has 5 nitrogen and oxygen atoms in total. The number of amides is 1. The number of carbonyl (C=O) groups excluding carboxylic acids is 1. The molecule has 5 heteroatoms. The highest BCUT2D eigenvalue weighted by Gasteiger charge is 2.31. The van der Waals surface area contributed by atoms with Crippen molar-refractivity contribution < 1.29 is 14.7 Å². The van der Waals surface area contributed by atoms with E-state index in [0.717, 1.165) is 5.56 Å². The van der Waals surface area contributed by atoms with Crippen LogP contribution >= 0.6 is 0 Å². The third-order valence-corrected chi connectivity index (χ3v) is 3.34. The SMILES string of the molecule is Cc1cc(C(=O)N2CCC(C(=O)O)C2)ccc1N. The molecule has 1 aliphatic rings. The van der Waals surface area contributed by atoms with Crippen LogP contribution in [0, 0.1) is 12.8 Å². The number of likely N-dealkylation sites (tertiary alicyclic amines) is 1. The van der Waals surface area contributed by atoms with E-state index in [1.807, 2.05) is 6.92 Å². The summed E-state index contributed by atoms with van der Waals surface area (Å²) in [6, 6.07) is 5.12. The summed E-state index contributed by atoms with van der Waals surface area (Å²) >= 11 is 0. The predicted molar refractivity (Wildman–Crippen MR) is 67.2 cm³/mol. The fourth-order valence-electron chi connectivity index (χ4n) is 2.14. The van der Waals surface area contributed by atoms with Crippen LogP contribution in [-0.4, -0.2) is 35.0 Å². The summed E-state index contributed by atoms with van der Waals surface area (Å²) in [6.45, 7) is 2.63. The van der Waals surface area contributed by atoms with Gasteiger partial charge in [-0.3, -0.25) is 9.59 Å². The maximum absolute atomic E-state index is 12.2. The summed E-state index contributed by atoms with van der Waals surface area (Å²) in [4.78, 5) is 24.6. The van der Waals surface area contributed by atoms with Crippen LogP contribution < -0.4 is 5.73 Å². The number of nitrogen functional groups attached to an aromatic ring is 1. The molecule has 1 aromatic carbocycles. The first-order valence-electron chi connectivity index (χ1n) is 5.87. The molecule has 18 heavy (non-hydrogen) atoms. The molecular formula is C13H16N2O3. The Morgan fingerprint density at radius 2 is 2.17 bits per heavy atom. The molecule has 0 radical (unpaired) electrons. The number of carbonyl (C=O) groups is 2. The first-order chi connectivity index (χ1) is 8.49. The van der Waals surface area contributed by atoms with Crippen molar-refractivity contribution in [3.63, 3.8) is 0 Å². The zero-order chi connectivity index (χ0) is 13.3. The Hall–Kier alpha value is -2.04. The summed E-state index contributed by atoms with van der Waals surface area (Å²) in [7, 11) is 0. The Balaban J connectivity index is 2.12. The predicted octanol–water partition coefficient (Wildman–Crippen LogP) is 1.12. The van der Waals surface area contributed by atoms with E-state index in [4.69, 9.17) is 10.8 Å². The molecule has 1 saturated heterocycles. The molecule has 3 N–H and O–H groups in total. The highest BCUT2D eigenvalue weighted by Crippen LogP contribution is 2.20. The molecule has 1 heterocycles. The number of hydrogen-bond acceptors (Lipinski definition) is 3. The number of benzene rings is 1. The molecule has 1 unspecified atom stereocenters. The van der Waals surface area contributed by atoms with Crippen LogP contribution in [0.3, 0.4) is 0 Å². The Morgan fingerprint density at radius 1 is 1.44 bits per heavy atom. The average molecular weight is 248 g/mol. The molecule has 1 amide bonds. The molecule has 2 rings (SSSR count). The van der Waals surface area contributed by atoms with E-state index < -0.39 is 11.9 Å². The first-order valence-corrected chi connectivity index (χ1v) is 5.87.